The molecule has 0 spiro atoms. The minimum Gasteiger partial charge on any atom is -0.344 e. The van der Waals surface area contributed by atoms with Gasteiger partial charge in [0.05, 0.1) is 0 Å². The fraction of sp³-hybridized carbons (Fsp3) is 1.00. The third-order valence-electron chi connectivity index (χ3n) is 1.16. The smallest absolute Gasteiger partial charge is 0.133 e. The molecule has 1 aliphatic rings. The van der Waals surface area contributed by atoms with Gasteiger partial charge in [0.2, 0.25) is 0 Å². The van der Waals surface area contributed by atoms with E-state index in [2.05, 4.69) is 0 Å². The van der Waals surface area contributed by atoms with Crippen molar-refractivity contribution >= 4 is 23.2 Å². The Kier molecular flexibility index (Phi) is 2.42. The van der Waals surface area contributed by atoms with Crippen LogP contribution in [0.25, 0.3) is 0 Å². The number of ether oxygens (including phenoxy) is 1. The van der Waals surface area contributed by atoms with Crippen LogP contribution in [0, 0.1) is 0 Å². The van der Waals surface area contributed by atoms with Crippen LogP contribution in [0.3, 0.4) is 0 Å². The molecular formula is C5H8Cl2O. The van der Waals surface area contributed by atoms with Crippen molar-refractivity contribution in [1.29, 1.82) is 0 Å². The van der Waals surface area contributed by atoms with Crippen molar-refractivity contribution in [2.45, 2.75) is 30.4 Å². The molecule has 1 rings (SSSR count). The van der Waals surface area contributed by atoms with E-state index in [1.807, 2.05) is 0 Å². The van der Waals surface area contributed by atoms with Gasteiger partial charge in [-0.25, -0.2) is 0 Å². The van der Waals surface area contributed by atoms with Gasteiger partial charge in [-0.1, -0.05) is 23.2 Å². The van der Waals surface area contributed by atoms with Crippen molar-refractivity contribution in [1.82, 2.24) is 0 Å². The lowest BCUT2D eigenvalue weighted by Gasteiger charge is -2.20. The predicted octanol–water partition coefficient (Wildman–Crippen LogP) is 2.32. The van der Waals surface area contributed by atoms with Crippen molar-refractivity contribution in [2.75, 3.05) is 0 Å². The lowest BCUT2D eigenvalue weighted by Crippen LogP contribution is -2.18. The largest absolute Gasteiger partial charge is 0.344 e. The SMILES string of the molecule is ClC1CCCC(Cl)O1. The van der Waals surface area contributed by atoms with Crippen LogP contribution in [-0.4, -0.2) is 11.1 Å². The second-order valence-electron chi connectivity index (χ2n) is 1.89. The van der Waals surface area contributed by atoms with Crippen LogP contribution in [0.4, 0.5) is 0 Å². The molecule has 0 aromatic rings. The second kappa shape index (κ2) is 2.90. The molecule has 0 aliphatic carbocycles. The number of halogens is 2. The summed E-state index contributed by atoms with van der Waals surface area (Å²) >= 11 is 11.2. The summed E-state index contributed by atoms with van der Waals surface area (Å²) in [5.41, 5.74) is -0.294. The van der Waals surface area contributed by atoms with E-state index in [1.54, 1.807) is 0 Å². The van der Waals surface area contributed by atoms with Crippen LogP contribution in [-0.2, 0) is 4.74 Å². The molecule has 1 fully saturated rings. The van der Waals surface area contributed by atoms with Gasteiger partial charge in [0.25, 0.3) is 0 Å². The third kappa shape index (κ3) is 1.81. The van der Waals surface area contributed by atoms with Gasteiger partial charge in [0.1, 0.15) is 11.1 Å². The first kappa shape index (κ1) is 6.66. The van der Waals surface area contributed by atoms with Gasteiger partial charge < -0.3 is 4.74 Å². The fourth-order valence-corrected chi connectivity index (χ4v) is 1.34. The van der Waals surface area contributed by atoms with Gasteiger partial charge >= 0.3 is 0 Å². The Morgan fingerprint density at radius 3 is 1.88 bits per heavy atom. The summed E-state index contributed by atoms with van der Waals surface area (Å²) in [5.74, 6) is 0. The Morgan fingerprint density at radius 1 is 1.12 bits per heavy atom. The number of alkyl halides is 2. The molecule has 8 heavy (non-hydrogen) atoms. The molecule has 0 amide bonds. The van der Waals surface area contributed by atoms with E-state index in [4.69, 9.17) is 27.9 Å². The average molecular weight is 155 g/mol. The lowest BCUT2D eigenvalue weighted by atomic mass is 10.2. The van der Waals surface area contributed by atoms with Crippen LogP contribution in [0.15, 0.2) is 0 Å². The van der Waals surface area contributed by atoms with Crippen LogP contribution in [0.2, 0.25) is 0 Å². The molecule has 3 heteroatoms. The molecule has 48 valence electrons. The Hall–Kier alpha value is 0.540. The summed E-state index contributed by atoms with van der Waals surface area (Å²) in [5, 5.41) is 0. The zero-order chi connectivity index (χ0) is 5.98. The normalized spacial score (nSPS) is 39.8. The Balaban J connectivity index is 2.23. The minimum absolute atomic E-state index is 0.147. The van der Waals surface area contributed by atoms with E-state index < -0.39 is 0 Å². The molecule has 1 saturated heterocycles. The highest BCUT2D eigenvalue weighted by Gasteiger charge is 2.17. The summed E-state index contributed by atoms with van der Waals surface area (Å²) in [6, 6.07) is 0. The zero-order valence-corrected chi connectivity index (χ0v) is 5.95. The topological polar surface area (TPSA) is 9.23 Å². The molecule has 1 heterocycles. The maximum Gasteiger partial charge on any atom is 0.133 e. The lowest BCUT2D eigenvalue weighted by molar-refractivity contribution is 0.0407. The summed E-state index contributed by atoms with van der Waals surface area (Å²) < 4.78 is 5.02. The van der Waals surface area contributed by atoms with Crippen LogP contribution in [0.1, 0.15) is 19.3 Å². The molecule has 2 atom stereocenters. The molecule has 0 bridgehead atoms. The van der Waals surface area contributed by atoms with Gasteiger partial charge in [-0.3, -0.25) is 0 Å². The quantitative estimate of drug-likeness (QED) is 0.487. The highest BCUT2D eigenvalue weighted by atomic mass is 35.5. The van der Waals surface area contributed by atoms with Crippen molar-refractivity contribution in [3.63, 3.8) is 0 Å². The Morgan fingerprint density at radius 2 is 1.62 bits per heavy atom. The maximum atomic E-state index is 5.60. The molecule has 0 aromatic carbocycles. The van der Waals surface area contributed by atoms with Gasteiger partial charge in [-0.2, -0.15) is 0 Å². The molecule has 1 nitrogen and oxygen atoms in total. The number of rotatable bonds is 0. The predicted molar refractivity (Wildman–Crippen MR) is 34.2 cm³/mol. The molecule has 2 unspecified atom stereocenters. The van der Waals surface area contributed by atoms with Gasteiger partial charge in [0, 0.05) is 0 Å². The van der Waals surface area contributed by atoms with Crippen molar-refractivity contribution in [2.24, 2.45) is 0 Å². The molecule has 1 aliphatic heterocycles. The van der Waals surface area contributed by atoms with E-state index in [0.717, 1.165) is 19.3 Å². The zero-order valence-electron chi connectivity index (χ0n) is 4.44. The fourth-order valence-electron chi connectivity index (χ4n) is 0.735. The molecular weight excluding hydrogens is 147 g/mol. The van der Waals surface area contributed by atoms with E-state index in [0.29, 0.717) is 0 Å². The van der Waals surface area contributed by atoms with Crippen molar-refractivity contribution in [3.05, 3.63) is 0 Å². The molecule has 0 N–H and O–H groups in total. The van der Waals surface area contributed by atoms with Crippen LogP contribution < -0.4 is 0 Å². The van der Waals surface area contributed by atoms with E-state index in [1.165, 1.54) is 0 Å². The second-order valence-corrected chi connectivity index (χ2v) is 2.86. The molecule has 0 aromatic heterocycles. The highest BCUT2D eigenvalue weighted by Crippen LogP contribution is 2.23. The summed E-state index contributed by atoms with van der Waals surface area (Å²) in [7, 11) is 0. The standard InChI is InChI=1S/C5H8Cl2O/c6-4-2-1-3-5(7)8-4/h4-5H,1-3H2. The maximum absolute atomic E-state index is 5.60. The highest BCUT2D eigenvalue weighted by molar-refractivity contribution is 6.22. The van der Waals surface area contributed by atoms with E-state index in [9.17, 15) is 0 Å². The van der Waals surface area contributed by atoms with E-state index in [-0.39, 0.29) is 11.1 Å². The minimum atomic E-state index is -0.147. The summed E-state index contributed by atoms with van der Waals surface area (Å²) in [6.07, 6.45) is 2.96. The third-order valence-corrected chi connectivity index (χ3v) is 1.80. The summed E-state index contributed by atoms with van der Waals surface area (Å²) in [6.45, 7) is 0. The first-order valence-corrected chi connectivity index (χ1v) is 3.60. The number of hydrogen-bond donors (Lipinski definition) is 0. The Labute approximate surface area is 58.9 Å². The van der Waals surface area contributed by atoms with Crippen molar-refractivity contribution in [3.8, 4) is 0 Å². The molecule has 0 radical (unpaired) electrons. The Bertz CT molecular complexity index is 68.8. The van der Waals surface area contributed by atoms with Crippen LogP contribution >= 0.6 is 23.2 Å². The van der Waals surface area contributed by atoms with Gasteiger partial charge in [0.15, 0.2) is 0 Å². The first-order chi connectivity index (χ1) is 3.79. The monoisotopic (exact) mass is 154 g/mol. The average Bonchev–Trinajstić information content (AvgIpc) is 1.64. The van der Waals surface area contributed by atoms with E-state index >= 15 is 0 Å². The van der Waals surface area contributed by atoms with Gasteiger partial charge in [-0.05, 0) is 19.3 Å². The van der Waals surface area contributed by atoms with Crippen molar-refractivity contribution < 1.29 is 4.74 Å². The summed E-state index contributed by atoms with van der Waals surface area (Å²) in [4.78, 5) is 0. The first-order valence-electron chi connectivity index (χ1n) is 2.72. The molecule has 0 saturated carbocycles. The van der Waals surface area contributed by atoms with Gasteiger partial charge in [-0.15, -0.1) is 0 Å². The number of hydrogen-bond acceptors (Lipinski definition) is 1. The van der Waals surface area contributed by atoms with Crippen LogP contribution in [0.5, 0.6) is 0 Å².